The number of fused-ring (bicyclic) bond motifs is 1. The summed E-state index contributed by atoms with van der Waals surface area (Å²) >= 11 is 7.29. The van der Waals surface area contributed by atoms with Crippen LogP contribution in [0.15, 0.2) is 29.8 Å². The van der Waals surface area contributed by atoms with Gasteiger partial charge in [-0.2, -0.15) is 11.1 Å². The normalized spacial score (nSPS) is 21.3. The highest BCUT2D eigenvalue weighted by Crippen LogP contribution is 2.50. The Kier molecular flexibility index (Phi) is 4.88. The predicted octanol–water partition coefficient (Wildman–Crippen LogP) is 6.90. The van der Waals surface area contributed by atoms with Crippen molar-refractivity contribution in [2.24, 2.45) is 5.41 Å². The van der Waals surface area contributed by atoms with Crippen LogP contribution < -0.4 is 0 Å². The molecule has 2 rings (SSSR count). The number of hydrogen-bond donors (Lipinski definition) is 0. The van der Waals surface area contributed by atoms with E-state index in [1.165, 1.54) is 17.2 Å². The van der Waals surface area contributed by atoms with Gasteiger partial charge in [0.2, 0.25) is 0 Å². The Balaban J connectivity index is 2.43. The lowest BCUT2D eigenvalue weighted by Gasteiger charge is -2.36. The van der Waals surface area contributed by atoms with Crippen LogP contribution in [0.1, 0.15) is 37.4 Å². The van der Waals surface area contributed by atoms with E-state index in [-0.39, 0.29) is 0 Å². The van der Waals surface area contributed by atoms with E-state index in [1.807, 2.05) is 0 Å². The molecule has 0 N–H and O–H groups in total. The molecule has 0 saturated heterocycles. The van der Waals surface area contributed by atoms with Gasteiger partial charge in [0.1, 0.15) is 0 Å². The fraction of sp³-hybridized carbons (Fsp3) is 0.579. The van der Waals surface area contributed by atoms with E-state index in [0.29, 0.717) is 11.0 Å². The molecule has 0 amide bonds. The lowest BCUT2D eigenvalue weighted by Crippen LogP contribution is -2.38. The molecule has 0 heterocycles. The Morgan fingerprint density at radius 2 is 1.64 bits per heavy atom. The first-order chi connectivity index (χ1) is 9.89. The summed E-state index contributed by atoms with van der Waals surface area (Å²) in [6.45, 7) is 16.7. The molecule has 1 aliphatic carbocycles. The van der Waals surface area contributed by atoms with Crippen molar-refractivity contribution in [3.63, 3.8) is 0 Å². The van der Waals surface area contributed by atoms with Gasteiger partial charge in [-0.25, -0.2) is 0 Å². The molecule has 0 aliphatic heterocycles. The second-order valence-corrected chi connectivity index (χ2v) is 21.1. The van der Waals surface area contributed by atoms with Crippen LogP contribution in [0.3, 0.4) is 0 Å². The highest BCUT2D eigenvalue weighted by Gasteiger charge is 2.44. The number of rotatable bonds is 4. The predicted molar refractivity (Wildman–Crippen MR) is 107 cm³/mol. The van der Waals surface area contributed by atoms with E-state index in [2.05, 4.69) is 77.3 Å². The van der Waals surface area contributed by atoms with Crippen molar-refractivity contribution < 1.29 is 0 Å². The summed E-state index contributed by atoms with van der Waals surface area (Å²) in [4.78, 5) is 0. The highest BCUT2D eigenvalue weighted by molar-refractivity contribution is 7.20. The van der Waals surface area contributed by atoms with Gasteiger partial charge in [0.15, 0.2) is 7.38 Å². The van der Waals surface area contributed by atoms with E-state index < -0.39 is 15.5 Å². The van der Waals surface area contributed by atoms with Crippen LogP contribution in [0.5, 0.6) is 0 Å². The van der Waals surface area contributed by atoms with Gasteiger partial charge in [0, 0.05) is 13.6 Å². The molecule has 0 saturated carbocycles. The van der Waals surface area contributed by atoms with Gasteiger partial charge in [-0.3, -0.25) is 0 Å². The molecule has 0 spiro atoms. The molecular formula is C19H31ClSi2. The van der Waals surface area contributed by atoms with Crippen LogP contribution in [0.4, 0.5) is 0 Å². The third kappa shape index (κ3) is 4.36. The van der Waals surface area contributed by atoms with E-state index in [1.54, 1.807) is 5.57 Å². The number of benzene rings is 1. The van der Waals surface area contributed by atoms with Gasteiger partial charge in [0.05, 0.1) is 0 Å². The van der Waals surface area contributed by atoms with Crippen LogP contribution in [0.25, 0.3) is 6.08 Å². The van der Waals surface area contributed by atoms with Crippen molar-refractivity contribution in [2.75, 3.05) is 0 Å². The van der Waals surface area contributed by atoms with Crippen LogP contribution in [-0.4, -0.2) is 15.5 Å². The molecule has 1 aromatic carbocycles. The van der Waals surface area contributed by atoms with E-state index in [0.717, 1.165) is 6.04 Å². The van der Waals surface area contributed by atoms with Gasteiger partial charge in [-0.15, -0.1) is 0 Å². The maximum atomic E-state index is 7.29. The largest absolute Gasteiger partial charge is 0.166 e. The minimum atomic E-state index is -1.89. The third-order valence-corrected chi connectivity index (χ3v) is 10.4. The van der Waals surface area contributed by atoms with E-state index in [4.69, 9.17) is 11.1 Å². The first-order valence-corrected chi connectivity index (χ1v) is 15.9. The topological polar surface area (TPSA) is 0 Å². The fourth-order valence-corrected chi connectivity index (χ4v) is 11.9. The Hall–Kier alpha value is -0.316. The summed E-state index contributed by atoms with van der Waals surface area (Å²) in [6, 6.07) is 11.3. The van der Waals surface area contributed by atoms with Crippen LogP contribution in [0, 0.1) is 5.41 Å². The molecule has 2 unspecified atom stereocenters. The van der Waals surface area contributed by atoms with E-state index in [9.17, 15) is 0 Å². The zero-order valence-corrected chi connectivity index (χ0v) is 18.0. The maximum Gasteiger partial charge on any atom is 0.165 e. The number of halogens is 1. The molecule has 0 aromatic heterocycles. The second-order valence-electron chi connectivity index (χ2n) is 9.53. The molecular weight excluding hydrogens is 320 g/mol. The zero-order valence-electron chi connectivity index (χ0n) is 15.3. The Morgan fingerprint density at radius 3 is 2.18 bits per heavy atom. The Labute approximate surface area is 143 Å². The Morgan fingerprint density at radius 1 is 1.05 bits per heavy atom. The van der Waals surface area contributed by atoms with Crippen molar-refractivity contribution in [1.82, 2.24) is 0 Å². The van der Waals surface area contributed by atoms with Crippen molar-refractivity contribution in [2.45, 2.75) is 64.6 Å². The SMILES string of the molecule is CC(C)(C)C[Si](C)(Cl)C1C(C[Si](C)(C)C)=Cc2ccccc21. The lowest BCUT2D eigenvalue weighted by atomic mass is 10.0. The molecule has 122 valence electrons. The molecule has 2 atom stereocenters. The summed E-state index contributed by atoms with van der Waals surface area (Å²) < 4.78 is 0. The average Bonchev–Trinajstić information content (AvgIpc) is 2.60. The van der Waals surface area contributed by atoms with Crippen molar-refractivity contribution in [3.8, 4) is 0 Å². The quantitative estimate of drug-likeness (QED) is 0.409. The molecule has 0 fully saturated rings. The summed E-state index contributed by atoms with van der Waals surface area (Å²) in [5.41, 5.74) is 5.31. The molecule has 1 aliphatic rings. The first kappa shape index (κ1) is 18.0. The molecule has 0 bridgehead atoms. The maximum absolute atomic E-state index is 7.29. The van der Waals surface area contributed by atoms with Gasteiger partial charge in [-0.05, 0) is 28.6 Å². The lowest BCUT2D eigenvalue weighted by molar-refractivity contribution is 0.461. The van der Waals surface area contributed by atoms with Gasteiger partial charge in [0.25, 0.3) is 0 Å². The molecule has 0 radical (unpaired) electrons. The van der Waals surface area contributed by atoms with Gasteiger partial charge < -0.3 is 0 Å². The molecule has 1 aromatic rings. The smallest absolute Gasteiger partial charge is 0.165 e. The molecule has 0 nitrogen and oxygen atoms in total. The van der Waals surface area contributed by atoms with Crippen LogP contribution in [0.2, 0.25) is 38.3 Å². The third-order valence-electron chi connectivity index (χ3n) is 4.23. The van der Waals surface area contributed by atoms with Crippen LogP contribution in [-0.2, 0) is 0 Å². The zero-order chi connectivity index (χ0) is 16.8. The summed E-state index contributed by atoms with van der Waals surface area (Å²) in [6.07, 6.45) is 2.45. The molecule has 3 heteroatoms. The fourth-order valence-electron chi connectivity index (χ4n) is 4.00. The number of hydrogen-bond acceptors (Lipinski definition) is 0. The number of allylic oxidation sites excluding steroid dienone is 1. The minimum absolute atomic E-state index is 0.296. The monoisotopic (exact) mass is 350 g/mol. The van der Waals surface area contributed by atoms with E-state index >= 15 is 0 Å². The summed E-state index contributed by atoms with van der Waals surface area (Å²) in [5, 5.41) is 0. The minimum Gasteiger partial charge on any atom is -0.166 e. The summed E-state index contributed by atoms with van der Waals surface area (Å²) in [7, 11) is -3.04. The Bertz CT molecular complexity index is 574. The van der Waals surface area contributed by atoms with Gasteiger partial charge >= 0.3 is 0 Å². The summed E-state index contributed by atoms with van der Waals surface area (Å²) in [5.74, 6) is 0. The second kappa shape index (κ2) is 5.96. The van der Waals surface area contributed by atoms with Crippen molar-refractivity contribution in [1.29, 1.82) is 0 Å². The standard InChI is InChI=1S/C19H31ClSi2/c1-19(2,3)14-22(7,20)18-16(13-21(4,5)6)12-15-10-8-9-11-17(15)18/h8-12,18H,13-14H2,1-7H3. The van der Waals surface area contributed by atoms with Gasteiger partial charge in [-0.1, -0.05) is 82.9 Å². The van der Waals surface area contributed by atoms with Crippen molar-refractivity contribution in [3.05, 3.63) is 41.0 Å². The first-order valence-electron chi connectivity index (χ1n) is 8.37. The van der Waals surface area contributed by atoms with Crippen LogP contribution >= 0.6 is 11.1 Å². The molecule has 22 heavy (non-hydrogen) atoms. The van der Waals surface area contributed by atoms with Crippen molar-refractivity contribution >= 4 is 32.6 Å². The average molecular weight is 351 g/mol. The highest BCUT2D eigenvalue weighted by atomic mass is 35.6.